The molecule has 5 nitrogen and oxygen atoms in total. The van der Waals surface area contributed by atoms with Gasteiger partial charge >= 0.3 is 0 Å². The van der Waals surface area contributed by atoms with E-state index >= 15 is 0 Å². The maximum Gasteiger partial charge on any atom is 0.191 e. The molecule has 1 aliphatic heterocycles. The molecule has 0 aromatic heterocycles. The van der Waals surface area contributed by atoms with E-state index in [0.29, 0.717) is 5.41 Å². The standard InChI is InChI=1S/C18H33N3O2.HI/c1-19-17(20-11-5-16-6-12-23-13-7-16)21-15-18(10-14-22-2)8-3-4-9-18;/h6H,3-5,7-15H2,1-2H3,(H2,19,20,21);1H. The van der Waals surface area contributed by atoms with Crippen LogP contribution in [0.25, 0.3) is 0 Å². The number of guanidine groups is 1. The zero-order chi connectivity index (χ0) is 16.4. The highest BCUT2D eigenvalue weighted by atomic mass is 127. The van der Waals surface area contributed by atoms with Crippen LogP contribution in [0, 0.1) is 5.41 Å². The molecular weight excluding hydrogens is 417 g/mol. The Bertz CT molecular complexity index is 407. The first-order valence-corrected chi connectivity index (χ1v) is 8.97. The first-order chi connectivity index (χ1) is 11.3. The maximum absolute atomic E-state index is 5.34. The SMILES string of the molecule is CN=C(NCCC1=CCOCC1)NCC1(CCOC)CCCC1.I. The summed E-state index contributed by atoms with van der Waals surface area (Å²) in [6.07, 6.45) is 10.8. The van der Waals surface area contributed by atoms with Crippen LogP contribution in [0.15, 0.2) is 16.6 Å². The number of halogens is 1. The zero-order valence-corrected chi connectivity index (χ0v) is 17.6. The summed E-state index contributed by atoms with van der Waals surface area (Å²) in [6, 6.07) is 0. The predicted octanol–water partition coefficient (Wildman–Crippen LogP) is 3.10. The van der Waals surface area contributed by atoms with Crippen LogP contribution < -0.4 is 10.6 Å². The average molecular weight is 451 g/mol. The van der Waals surface area contributed by atoms with E-state index in [9.17, 15) is 0 Å². The van der Waals surface area contributed by atoms with Crippen molar-refractivity contribution in [3.05, 3.63) is 11.6 Å². The van der Waals surface area contributed by atoms with Crippen LogP contribution in [0.4, 0.5) is 0 Å². The largest absolute Gasteiger partial charge is 0.385 e. The first kappa shape index (κ1) is 21.7. The van der Waals surface area contributed by atoms with Gasteiger partial charge in [-0.05, 0) is 37.5 Å². The maximum atomic E-state index is 5.34. The van der Waals surface area contributed by atoms with Gasteiger partial charge in [-0.15, -0.1) is 24.0 Å². The lowest BCUT2D eigenvalue weighted by molar-refractivity contribution is 0.138. The monoisotopic (exact) mass is 451 g/mol. The smallest absolute Gasteiger partial charge is 0.191 e. The molecule has 24 heavy (non-hydrogen) atoms. The Kier molecular flexibility index (Phi) is 10.9. The predicted molar refractivity (Wildman–Crippen MR) is 110 cm³/mol. The minimum atomic E-state index is 0. The summed E-state index contributed by atoms with van der Waals surface area (Å²) in [5.41, 5.74) is 1.88. The van der Waals surface area contributed by atoms with E-state index in [1.54, 1.807) is 7.11 Å². The fourth-order valence-electron chi connectivity index (χ4n) is 3.58. The quantitative estimate of drug-likeness (QED) is 0.258. The molecule has 1 aliphatic carbocycles. The van der Waals surface area contributed by atoms with Crippen molar-refractivity contribution in [1.82, 2.24) is 10.6 Å². The van der Waals surface area contributed by atoms with Crippen molar-refractivity contribution in [1.29, 1.82) is 0 Å². The minimum Gasteiger partial charge on any atom is -0.385 e. The van der Waals surface area contributed by atoms with Crippen molar-refractivity contribution in [3.8, 4) is 0 Å². The van der Waals surface area contributed by atoms with Crippen LogP contribution in [0.5, 0.6) is 0 Å². The molecule has 140 valence electrons. The number of nitrogens with zero attached hydrogens (tertiary/aromatic N) is 1. The molecule has 0 radical (unpaired) electrons. The van der Waals surface area contributed by atoms with Crippen LogP contribution in [-0.4, -0.2) is 53.0 Å². The summed E-state index contributed by atoms with van der Waals surface area (Å²) in [7, 11) is 3.64. The van der Waals surface area contributed by atoms with Crippen LogP contribution in [-0.2, 0) is 9.47 Å². The third kappa shape index (κ3) is 7.27. The Morgan fingerprint density at radius 2 is 2.12 bits per heavy atom. The number of hydrogen-bond acceptors (Lipinski definition) is 3. The fraction of sp³-hybridized carbons (Fsp3) is 0.833. The number of nitrogens with one attached hydrogen (secondary N) is 2. The lowest BCUT2D eigenvalue weighted by Gasteiger charge is -2.30. The third-order valence-corrected chi connectivity index (χ3v) is 5.15. The molecule has 0 saturated heterocycles. The van der Waals surface area contributed by atoms with Crippen molar-refractivity contribution in [2.24, 2.45) is 10.4 Å². The zero-order valence-electron chi connectivity index (χ0n) is 15.2. The Labute approximate surface area is 164 Å². The van der Waals surface area contributed by atoms with Gasteiger partial charge in [0.2, 0.25) is 0 Å². The molecule has 6 heteroatoms. The number of aliphatic imine (C=N–C) groups is 1. The van der Waals surface area contributed by atoms with E-state index in [1.807, 2.05) is 7.05 Å². The van der Waals surface area contributed by atoms with Gasteiger partial charge in [0.1, 0.15) is 0 Å². The first-order valence-electron chi connectivity index (χ1n) is 8.97. The fourth-order valence-corrected chi connectivity index (χ4v) is 3.58. The third-order valence-electron chi connectivity index (χ3n) is 5.15. The van der Waals surface area contributed by atoms with Crippen LogP contribution in [0.3, 0.4) is 0 Å². The summed E-state index contributed by atoms with van der Waals surface area (Å²) >= 11 is 0. The van der Waals surface area contributed by atoms with Gasteiger partial charge in [-0.25, -0.2) is 0 Å². The molecule has 2 aliphatic rings. The van der Waals surface area contributed by atoms with Gasteiger partial charge in [0, 0.05) is 33.9 Å². The highest BCUT2D eigenvalue weighted by Crippen LogP contribution is 2.40. The number of methoxy groups -OCH3 is 1. The van der Waals surface area contributed by atoms with E-state index < -0.39 is 0 Å². The van der Waals surface area contributed by atoms with Crippen molar-refractivity contribution in [2.75, 3.05) is 47.1 Å². The van der Waals surface area contributed by atoms with E-state index in [1.165, 1.54) is 31.3 Å². The van der Waals surface area contributed by atoms with E-state index in [-0.39, 0.29) is 24.0 Å². The van der Waals surface area contributed by atoms with E-state index in [0.717, 1.165) is 58.1 Å². The Balaban J connectivity index is 0.00000288. The van der Waals surface area contributed by atoms with Crippen molar-refractivity contribution < 1.29 is 9.47 Å². The Morgan fingerprint density at radius 1 is 1.33 bits per heavy atom. The van der Waals surface area contributed by atoms with Crippen LogP contribution in [0.2, 0.25) is 0 Å². The van der Waals surface area contributed by atoms with Gasteiger partial charge in [0.15, 0.2) is 5.96 Å². The molecule has 0 bridgehead atoms. The van der Waals surface area contributed by atoms with Gasteiger partial charge in [-0.3, -0.25) is 4.99 Å². The lowest BCUT2D eigenvalue weighted by Crippen LogP contribution is -2.43. The average Bonchev–Trinajstić information content (AvgIpc) is 3.06. The van der Waals surface area contributed by atoms with Gasteiger partial charge in [-0.2, -0.15) is 0 Å². The number of rotatable bonds is 8. The molecule has 2 rings (SSSR count). The molecule has 0 amide bonds. The summed E-state index contributed by atoms with van der Waals surface area (Å²) in [5, 5.41) is 6.98. The normalized spacial score (nSPS) is 20.2. The molecule has 0 aromatic rings. The Morgan fingerprint density at radius 3 is 2.75 bits per heavy atom. The molecular formula is C18H34IN3O2. The second-order valence-electron chi connectivity index (χ2n) is 6.74. The molecule has 0 aromatic carbocycles. The van der Waals surface area contributed by atoms with Crippen molar-refractivity contribution in [2.45, 2.75) is 44.9 Å². The van der Waals surface area contributed by atoms with Gasteiger partial charge < -0.3 is 20.1 Å². The molecule has 0 unspecified atom stereocenters. The summed E-state index contributed by atoms with van der Waals surface area (Å²) in [4.78, 5) is 4.36. The molecule has 0 spiro atoms. The highest BCUT2D eigenvalue weighted by molar-refractivity contribution is 14.0. The Hall–Kier alpha value is -0.340. The number of hydrogen-bond donors (Lipinski definition) is 2. The molecule has 1 heterocycles. The van der Waals surface area contributed by atoms with Crippen LogP contribution >= 0.6 is 24.0 Å². The summed E-state index contributed by atoms with van der Waals surface area (Å²) in [5.74, 6) is 0.918. The highest BCUT2D eigenvalue weighted by Gasteiger charge is 2.33. The lowest BCUT2D eigenvalue weighted by atomic mass is 9.83. The summed E-state index contributed by atoms with van der Waals surface area (Å²) in [6.45, 7) is 4.40. The molecule has 1 saturated carbocycles. The molecule has 1 fully saturated rings. The van der Waals surface area contributed by atoms with Crippen LogP contribution in [0.1, 0.15) is 44.9 Å². The topological polar surface area (TPSA) is 54.9 Å². The van der Waals surface area contributed by atoms with Crippen molar-refractivity contribution in [3.63, 3.8) is 0 Å². The van der Waals surface area contributed by atoms with E-state index in [4.69, 9.17) is 9.47 Å². The second kappa shape index (κ2) is 12.1. The van der Waals surface area contributed by atoms with Crippen molar-refractivity contribution >= 4 is 29.9 Å². The molecule has 2 N–H and O–H groups in total. The van der Waals surface area contributed by atoms with Gasteiger partial charge in [-0.1, -0.05) is 24.5 Å². The molecule has 0 atom stereocenters. The summed E-state index contributed by atoms with van der Waals surface area (Å²) < 4.78 is 10.6. The van der Waals surface area contributed by atoms with Gasteiger partial charge in [0.25, 0.3) is 0 Å². The van der Waals surface area contributed by atoms with E-state index in [2.05, 4.69) is 21.7 Å². The van der Waals surface area contributed by atoms with Gasteiger partial charge in [0.05, 0.1) is 13.2 Å². The minimum absolute atomic E-state index is 0. The second-order valence-corrected chi connectivity index (χ2v) is 6.74. The number of ether oxygens (including phenoxy) is 2.